The molecule has 0 unspecified atom stereocenters. The van der Waals surface area contributed by atoms with Crippen molar-refractivity contribution in [2.75, 3.05) is 46.3 Å². The van der Waals surface area contributed by atoms with Crippen molar-refractivity contribution < 1.29 is 9.59 Å². The van der Waals surface area contributed by atoms with E-state index < -0.39 is 0 Å². The maximum Gasteiger partial charge on any atom is 0.253 e. The molecule has 0 radical (unpaired) electrons. The summed E-state index contributed by atoms with van der Waals surface area (Å²) in [5.74, 6) is -0.0153. The first-order valence-corrected chi connectivity index (χ1v) is 13.2. The Labute approximate surface area is 219 Å². The highest BCUT2D eigenvalue weighted by molar-refractivity contribution is 5.96. The summed E-state index contributed by atoms with van der Waals surface area (Å²) < 4.78 is 0. The van der Waals surface area contributed by atoms with Gasteiger partial charge in [-0.1, -0.05) is 42.5 Å². The summed E-state index contributed by atoms with van der Waals surface area (Å²) in [7, 11) is 2.08. The normalized spacial score (nSPS) is 17.5. The molecule has 2 amide bonds. The number of pyridine rings is 1. The lowest BCUT2D eigenvalue weighted by Gasteiger charge is -2.32. The third-order valence-corrected chi connectivity index (χ3v) is 7.43. The summed E-state index contributed by atoms with van der Waals surface area (Å²) in [5, 5.41) is 3.20. The van der Waals surface area contributed by atoms with E-state index in [0.717, 1.165) is 69.8 Å². The number of amides is 2. The summed E-state index contributed by atoms with van der Waals surface area (Å²) in [6, 6.07) is 20.2. The lowest BCUT2D eigenvalue weighted by Crippen LogP contribution is -2.47. The number of benzene rings is 2. The van der Waals surface area contributed by atoms with Gasteiger partial charge in [-0.15, -0.1) is 0 Å². The highest BCUT2D eigenvalue weighted by atomic mass is 16.2. The van der Waals surface area contributed by atoms with Crippen LogP contribution in [0.1, 0.15) is 39.1 Å². The maximum absolute atomic E-state index is 13.0. The molecule has 37 heavy (non-hydrogen) atoms. The van der Waals surface area contributed by atoms with Crippen LogP contribution in [0.25, 0.3) is 11.1 Å². The van der Waals surface area contributed by atoms with Crippen LogP contribution < -0.4 is 5.32 Å². The monoisotopic (exact) mass is 497 g/mol. The fourth-order valence-corrected chi connectivity index (χ4v) is 5.07. The lowest BCUT2D eigenvalue weighted by molar-refractivity contribution is 0.0664. The number of piperazine rings is 1. The number of hydrogen-bond donors (Lipinski definition) is 1. The topological polar surface area (TPSA) is 68.8 Å². The van der Waals surface area contributed by atoms with Crippen molar-refractivity contribution in [2.45, 2.75) is 25.4 Å². The van der Waals surface area contributed by atoms with Crippen LogP contribution in [0.3, 0.4) is 0 Å². The van der Waals surface area contributed by atoms with Gasteiger partial charge in [0.25, 0.3) is 11.8 Å². The van der Waals surface area contributed by atoms with Gasteiger partial charge in [0.1, 0.15) is 0 Å². The Morgan fingerprint density at radius 2 is 1.54 bits per heavy atom. The standard InChI is InChI=1S/C30H35N5O2/c1-33-15-17-35(18-16-33)30(37)25-9-7-24(8-10-25)26-19-27(21-31-20-26)29(36)32-28-11-13-34(14-12-28)22-23-5-3-2-4-6-23/h2-10,19-21,28H,11-18,22H2,1H3,(H,32,36). The number of nitrogens with one attached hydrogen (secondary N) is 1. The second kappa shape index (κ2) is 11.7. The molecular formula is C30H35N5O2. The van der Waals surface area contributed by atoms with E-state index in [4.69, 9.17) is 0 Å². The number of hydrogen-bond acceptors (Lipinski definition) is 5. The first-order valence-electron chi connectivity index (χ1n) is 13.2. The zero-order valence-corrected chi connectivity index (χ0v) is 21.5. The summed E-state index contributed by atoms with van der Waals surface area (Å²) in [6.07, 6.45) is 5.26. The Morgan fingerprint density at radius 3 is 2.24 bits per heavy atom. The molecule has 3 aromatic rings. The van der Waals surface area contributed by atoms with Crippen molar-refractivity contribution in [3.8, 4) is 11.1 Å². The van der Waals surface area contributed by atoms with Gasteiger partial charge in [0, 0.05) is 75.4 Å². The fourth-order valence-electron chi connectivity index (χ4n) is 5.07. The van der Waals surface area contributed by atoms with Crippen LogP contribution in [0.4, 0.5) is 0 Å². The molecule has 3 heterocycles. The smallest absolute Gasteiger partial charge is 0.253 e. The van der Waals surface area contributed by atoms with Gasteiger partial charge in [0.2, 0.25) is 0 Å². The van der Waals surface area contributed by atoms with Gasteiger partial charge >= 0.3 is 0 Å². The molecule has 1 aromatic heterocycles. The molecule has 1 N–H and O–H groups in total. The highest BCUT2D eigenvalue weighted by Gasteiger charge is 2.22. The average molecular weight is 498 g/mol. The Bertz CT molecular complexity index is 1200. The molecule has 0 aliphatic carbocycles. The van der Waals surface area contributed by atoms with Crippen molar-refractivity contribution in [2.24, 2.45) is 0 Å². The molecule has 5 rings (SSSR count). The summed E-state index contributed by atoms with van der Waals surface area (Å²) >= 11 is 0. The van der Waals surface area contributed by atoms with E-state index in [1.807, 2.05) is 41.3 Å². The van der Waals surface area contributed by atoms with Crippen LogP contribution in [-0.2, 0) is 6.54 Å². The molecule has 0 saturated carbocycles. The van der Waals surface area contributed by atoms with Crippen LogP contribution >= 0.6 is 0 Å². The number of nitrogens with zero attached hydrogens (tertiary/aromatic N) is 4. The molecule has 0 atom stereocenters. The third kappa shape index (κ3) is 6.42. The summed E-state index contributed by atoms with van der Waals surface area (Å²) in [4.78, 5) is 36.7. The van der Waals surface area contributed by atoms with E-state index in [1.165, 1.54) is 5.56 Å². The SMILES string of the molecule is CN1CCN(C(=O)c2ccc(-c3cncc(C(=O)NC4CCN(Cc5ccccc5)CC4)c3)cc2)CC1. The second-order valence-corrected chi connectivity index (χ2v) is 10.1. The quantitative estimate of drug-likeness (QED) is 0.564. The van der Waals surface area contributed by atoms with Crippen LogP contribution in [0, 0.1) is 0 Å². The Morgan fingerprint density at radius 1 is 0.838 bits per heavy atom. The first-order chi connectivity index (χ1) is 18.0. The molecule has 0 bridgehead atoms. The van der Waals surface area contributed by atoms with Gasteiger partial charge in [-0.3, -0.25) is 19.5 Å². The van der Waals surface area contributed by atoms with Crippen molar-refractivity contribution in [3.63, 3.8) is 0 Å². The molecule has 2 fully saturated rings. The predicted molar refractivity (Wildman–Crippen MR) is 145 cm³/mol. The van der Waals surface area contributed by atoms with Crippen molar-refractivity contribution >= 4 is 11.8 Å². The Balaban J connectivity index is 1.16. The number of carbonyl (C=O) groups excluding carboxylic acids is 2. The average Bonchev–Trinajstić information content (AvgIpc) is 2.95. The van der Waals surface area contributed by atoms with Gasteiger partial charge in [-0.25, -0.2) is 0 Å². The molecule has 7 nitrogen and oxygen atoms in total. The number of likely N-dealkylation sites (tertiary alicyclic amines) is 1. The minimum absolute atomic E-state index is 0.0701. The van der Waals surface area contributed by atoms with Gasteiger partial charge in [-0.2, -0.15) is 0 Å². The van der Waals surface area contributed by atoms with Gasteiger partial charge < -0.3 is 15.1 Å². The minimum atomic E-state index is -0.0854. The lowest BCUT2D eigenvalue weighted by atomic mass is 10.0. The van der Waals surface area contributed by atoms with E-state index in [1.54, 1.807) is 12.4 Å². The van der Waals surface area contributed by atoms with Crippen molar-refractivity contribution in [1.29, 1.82) is 0 Å². The molecule has 2 saturated heterocycles. The maximum atomic E-state index is 13.0. The molecule has 2 aliphatic rings. The number of rotatable bonds is 6. The minimum Gasteiger partial charge on any atom is -0.349 e. The van der Waals surface area contributed by atoms with E-state index >= 15 is 0 Å². The van der Waals surface area contributed by atoms with Crippen LogP contribution in [0.15, 0.2) is 73.1 Å². The first kappa shape index (κ1) is 25.1. The zero-order chi connectivity index (χ0) is 25.6. The van der Waals surface area contributed by atoms with E-state index in [9.17, 15) is 9.59 Å². The highest BCUT2D eigenvalue weighted by Crippen LogP contribution is 2.22. The van der Waals surface area contributed by atoms with Crippen molar-refractivity contribution in [1.82, 2.24) is 25.0 Å². The number of piperidine rings is 1. The third-order valence-electron chi connectivity index (χ3n) is 7.43. The second-order valence-electron chi connectivity index (χ2n) is 10.1. The molecular weight excluding hydrogens is 462 g/mol. The zero-order valence-electron chi connectivity index (χ0n) is 21.5. The van der Waals surface area contributed by atoms with Gasteiger partial charge in [0.15, 0.2) is 0 Å². The molecule has 0 spiro atoms. The number of likely N-dealkylation sites (N-methyl/N-ethyl adjacent to an activating group) is 1. The number of aromatic nitrogens is 1. The Kier molecular flexibility index (Phi) is 7.92. The number of carbonyl (C=O) groups is 2. The molecule has 2 aromatic carbocycles. The largest absolute Gasteiger partial charge is 0.349 e. The summed E-state index contributed by atoms with van der Waals surface area (Å²) in [6.45, 7) is 6.20. The van der Waals surface area contributed by atoms with Gasteiger partial charge in [-0.05, 0) is 49.2 Å². The Hall–Kier alpha value is -3.55. The van der Waals surface area contributed by atoms with Crippen LogP contribution in [-0.4, -0.2) is 83.9 Å². The van der Waals surface area contributed by atoms with Crippen LogP contribution in [0.2, 0.25) is 0 Å². The molecule has 192 valence electrons. The van der Waals surface area contributed by atoms with Crippen LogP contribution in [0.5, 0.6) is 0 Å². The molecule has 7 heteroatoms. The van der Waals surface area contributed by atoms with E-state index in [0.29, 0.717) is 11.1 Å². The molecule has 2 aliphatic heterocycles. The fraction of sp³-hybridized carbons (Fsp3) is 0.367. The van der Waals surface area contributed by atoms with Gasteiger partial charge in [0.05, 0.1) is 5.56 Å². The summed E-state index contributed by atoms with van der Waals surface area (Å²) in [5.41, 5.74) is 4.37. The van der Waals surface area contributed by atoms with E-state index in [-0.39, 0.29) is 17.9 Å². The van der Waals surface area contributed by atoms with E-state index in [2.05, 4.69) is 51.4 Å². The predicted octanol–water partition coefficient (Wildman–Crippen LogP) is 3.53. The van der Waals surface area contributed by atoms with Crippen molar-refractivity contribution in [3.05, 3.63) is 89.7 Å².